The lowest BCUT2D eigenvalue weighted by atomic mass is 9.46. The summed E-state index contributed by atoms with van der Waals surface area (Å²) >= 11 is 5.84. The van der Waals surface area contributed by atoms with Gasteiger partial charge in [-0.1, -0.05) is 31.0 Å². The van der Waals surface area contributed by atoms with Crippen LogP contribution in [0.25, 0.3) is 10.9 Å². The van der Waals surface area contributed by atoms with Gasteiger partial charge in [-0.05, 0) is 80.0 Å². The van der Waals surface area contributed by atoms with E-state index in [1.54, 1.807) is 10.6 Å². The van der Waals surface area contributed by atoms with Gasteiger partial charge in [0.25, 0.3) is 5.56 Å². The molecule has 36 heavy (non-hydrogen) atoms. The minimum Gasteiger partial charge on any atom is -0.504 e. The Kier molecular flexibility index (Phi) is 4.16. The number of hydrogen-bond acceptors (Lipinski definition) is 6. The van der Waals surface area contributed by atoms with Gasteiger partial charge >= 0.3 is 0 Å². The highest BCUT2D eigenvalue weighted by Gasteiger charge is 2.73. The highest BCUT2D eigenvalue weighted by molar-refractivity contribution is 7.71. The zero-order chi connectivity index (χ0) is 24.4. The molecular formula is C28H29N3O4S. The number of para-hydroxylation sites is 1. The first-order chi connectivity index (χ1) is 17.4. The molecule has 4 N–H and O–H groups in total. The summed E-state index contributed by atoms with van der Waals surface area (Å²) in [6.45, 7) is 0.751. The van der Waals surface area contributed by atoms with Gasteiger partial charge in [0.1, 0.15) is 6.10 Å². The minimum atomic E-state index is -1.02. The summed E-state index contributed by atoms with van der Waals surface area (Å²) in [5, 5.41) is 27.7. The summed E-state index contributed by atoms with van der Waals surface area (Å²) in [5.41, 5.74) is 0.940. The summed E-state index contributed by atoms with van der Waals surface area (Å²) in [5.74, 6) is 1.21. The lowest BCUT2D eigenvalue weighted by molar-refractivity contribution is -0.181. The molecule has 3 aliphatic carbocycles. The van der Waals surface area contributed by atoms with Crippen molar-refractivity contribution in [2.75, 3.05) is 6.54 Å². The van der Waals surface area contributed by atoms with E-state index in [1.165, 1.54) is 12.8 Å². The number of ether oxygens (including phenoxy) is 1. The molecule has 2 aliphatic heterocycles. The van der Waals surface area contributed by atoms with Gasteiger partial charge in [-0.25, -0.2) is 0 Å². The lowest BCUT2D eigenvalue weighted by Gasteiger charge is -2.63. The van der Waals surface area contributed by atoms with E-state index in [4.69, 9.17) is 17.0 Å². The molecule has 3 heterocycles. The van der Waals surface area contributed by atoms with E-state index in [-0.39, 0.29) is 29.3 Å². The summed E-state index contributed by atoms with van der Waals surface area (Å²) in [7, 11) is 0. The van der Waals surface area contributed by atoms with Crippen molar-refractivity contribution < 1.29 is 14.9 Å². The Morgan fingerprint density at radius 3 is 2.86 bits per heavy atom. The maximum absolute atomic E-state index is 14.0. The Balaban J connectivity index is 1.42. The maximum Gasteiger partial charge on any atom is 0.262 e. The molecular weight excluding hydrogens is 474 g/mol. The van der Waals surface area contributed by atoms with Crippen LogP contribution in [0.1, 0.15) is 49.3 Å². The third-order valence-corrected chi connectivity index (χ3v) is 10.2. The van der Waals surface area contributed by atoms with Crippen molar-refractivity contribution in [2.45, 2.75) is 67.7 Å². The summed E-state index contributed by atoms with van der Waals surface area (Å²) in [6.07, 6.45) is 4.76. The molecule has 1 unspecified atom stereocenters. The van der Waals surface area contributed by atoms with Crippen LogP contribution in [-0.4, -0.2) is 44.1 Å². The molecule has 2 saturated carbocycles. The van der Waals surface area contributed by atoms with Crippen LogP contribution in [0, 0.1) is 16.6 Å². The third kappa shape index (κ3) is 2.50. The van der Waals surface area contributed by atoms with E-state index in [0.29, 0.717) is 41.1 Å². The molecule has 8 rings (SSSR count). The molecule has 0 radical (unpaired) electrons. The van der Waals surface area contributed by atoms with Crippen LogP contribution in [0.5, 0.6) is 11.5 Å². The molecule has 5 aliphatic rings. The van der Waals surface area contributed by atoms with E-state index in [1.807, 2.05) is 30.3 Å². The number of phenols is 1. The number of nitrogens with zero attached hydrogens (tertiary/aromatic N) is 1. The monoisotopic (exact) mass is 503 g/mol. The highest BCUT2D eigenvalue weighted by atomic mass is 32.1. The molecule has 8 heteroatoms. The first-order valence-corrected chi connectivity index (χ1v) is 13.5. The predicted octanol–water partition coefficient (Wildman–Crippen LogP) is 3.47. The van der Waals surface area contributed by atoms with E-state index < -0.39 is 17.1 Å². The van der Waals surface area contributed by atoms with Gasteiger partial charge in [0, 0.05) is 11.6 Å². The zero-order valence-corrected chi connectivity index (χ0v) is 20.7. The fraction of sp³-hybridized carbons (Fsp3) is 0.500. The number of aromatic nitrogens is 2. The molecule has 2 bridgehead atoms. The van der Waals surface area contributed by atoms with Crippen molar-refractivity contribution >= 4 is 23.1 Å². The number of aromatic hydroxyl groups is 1. The van der Waals surface area contributed by atoms with Gasteiger partial charge in [0.15, 0.2) is 16.3 Å². The van der Waals surface area contributed by atoms with Crippen LogP contribution in [0.15, 0.2) is 41.2 Å². The number of benzene rings is 2. The molecule has 1 spiro atoms. The second-order valence-corrected chi connectivity index (χ2v) is 12.0. The minimum absolute atomic E-state index is 0.0231. The van der Waals surface area contributed by atoms with Gasteiger partial charge < -0.3 is 25.3 Å². The second-order valence-electron chi connectivity index (χ2n) is 11.6. The molecule has 0 amide bonds. The Labute approximate surface area is 213 Å². The highest BCUT2D eigenvalue weighted by Crippen LogP contribution is 2.67. The van der Waals surface area contributed by atoms with Crippen molar-refractivity contribution in [3.05, 3.63) is 62.6 Å². The normalized spacial score (nSPS) is 35.9. The van der Waals surface area contributed by atoms with Gasteiger partial charge in [-0.15, -0.1) is 0 Å². The number of piperidine rings is 1. The Hall–Kier alpha value is -2.68. The number of rotatable bonds is 3. The smallest absolute Gasteiger partial charge is 0.262 e. The molecule has 6 atom stereocenters. The van der Waals surface area contributed by atoms with Crippen molar-refractivity contribution in [1.82, 2.24) is 14.9 Å². The van der Waals surface area contributed by atoms with E-state index in [9.17, 15) is 15.0 Å². The predicted molar refractivity (Wildman–Crippen MR) is 137 cm³/mol. The summed E-state index contributed by atoms with van der Waals surface area (Å²) < 4.78 is 8.87. The van der Waals surface area contributed by atoms with E-state index >= 15 is 0 Å². The van der Waals surface area contributed by atoms with Crippen molar-refractivity contribution in [1.29, 1.82) is 0 Å². The number of H-pyrrole nitrogens is 1. The number of fused-ring (bicyclic) bond motifs is 1. The molecule has 3 fully saturated rings. The SMILES string of the molecule is O=c1c2ccccc2[nH]c(=S)n1[C@@H]1C(CC2CC2)C[C@@]2(O)[C@H]3Cc4ccc(O)c5c4[C@@]2(CCN3)[C@H]1O5. The maximum atomic E-state index is 14.0. The van der Waals surface area contributed by atoms with Crippen LogP contribution in [0.2, 0.25) is 0 Å². The Bertz CT molecular complexity index is 1560. The quantitative estimate of drug-likeness (QED) is 0.409. The summed E-state index contributed by atoms with van der Waals surface area (Å²) in [4.78, 5) is 17.3. The third-order valence-electron chi connectivity index (χ3n) is 9.92. The van der Waals surface area contributed by atoms with Crippen LogP contribution >= 0.6 is 12.2 Å². The first kappa shape index (κ1) is 21.4. The molecule has 1 aromatic heterocycles. The van der Waals surface area contributed by atoms with Gasteiger partial charge in [-0.2, -0.15) is 0 Å². The molecule has 7 nitrogen and oxygen atoms in total. The van der Waals surface area contributed by atoms with Gasteiger partial charge in [0.2, 0.25) is 0 Å². The fourth-order valence-electron chi connectivity index (χ4n) is 8.34. The number of aromatic amines is 1. The largest absolute Gasteiger partial charge is 0.504 e. The molecule has 3 aromatic rings. The van der Waals surface area contributed by atoms with Crippen LogP contribution < -0.4 is 15.6 Å². The topological polar surface area (TPSA) is 99.5 Å². The van der Waals surface area contributed by atoms with E-state index in [0.717, 1.165) is 29.6 Å². The van der Waals surface area contributed by atoms with Crippen molar-refractivity contribution in [3.63, 3.8) is 0 Å². The van der Waals surface area contributed by atoms with Gasteiger partial charge in [-0.3, -0.25) is 9.36 Å². The standard InChI is InChI=1S/C28H29N3O4S/c32-19-8-7-15-12-20-28(34)13-16(11-14-5-6-14)22(24-27(28,9-10-29-20)21(15)23(19)35-24)31-25(33)17-3-1-2-4-18(17)30-26(31)36/h1-4,7-8,14,16,20,22,24,29,32,34H,5-6,9-13H2,(H,30,36)/t16?,20-,22-,24+,27+,28-/m1/s1. The Morgan fingerprint density at radius 2 is 2.03 bits per heavy atom. The molecule has 1 saturated heterocycles. The zero-order valence-electron chi connectivity index (χ0n) is 19.9. The second kappa shape index (κ2) is 7.00. The lowest BCUT2D eigenvalue weighted by Crippen LogP contribution is -2.77. The summed E-state index contributed by atoms with van der Waals surface area (Å²) in [6, 6.07) is 10.7. The average molecular weight is 504 g/mol. The average Bonchev–Trinajstić information content (AvgIpc) is 3.59. The number of hydrogen-bond donors (Lipinski definition) is 4. The number of phenolic OH excluding ortho intramolecular Hbond substituents is 1. The number of aliphatic hydroxyl groups is 1. The van der Waals surface area contributed by atoms with Crippen LogP contribution in [-0.2, 0) is 11.8 Å². The van der Waals surface area contributed by atoms with Crippen molar-refractivity contribution in [3.8, 4) is 11.5 Å². The van der Waals surface area contributed by atoms with E-state index in [2.05, 4.69) is 10.3 Å². The molecule has 2 aromatic carbocycles. The van der Waals surface area contributed by atoms with Gasteiger partial charge in [0.05, 0.1) is 28.0 Å². The van der Waals surface area contributed by atoms with Crippen LogP contribution in [0.4, 0.5) is 0 Å². The first-order valence-electron chi connectivity index (χ1n) is 13.1. The Morgan fingerprint density at radius 1 is 1.19 bits per heavy atom. The molecule has 186 valence electrons. The van der Waals surface area contributed by atoms with Crippen LogP contribution in [0.3, 0.4) is 0 Å². The fourth-order valence-corrected chi connectivity index (χ4v) is 8.66. The number of nitrogens with one attached hydrogen (secondary N) is 2. The van der Waals surface area contributed by atoms with Crippen molar-refractivity contribution in [2.24, 2.45) is 11.8 Å².